The van der Waals surface area contributed by atoms with E-state index in [9.17, 15) is 9.59 Å². The fourth-order valence-corrected chi connectivity index (χ4v) is 4.34. The van der Waals surface area contributed by atoms with Gasteiger partial charge >= 0.3 is 0 Å². The van der Waals surface area contributed by atoms with Crippen molar-refractivity contribution in [2.24, 2.45) is 0 Å². The lowest BCUT2D eigenvalue weighted by Crippen LogP contribution is -2.28. The number of rotatable bonds is 5. The second-order valence-electron chi connectivity index (χ2n) is 7.93. The van der Waals surface area contributed by atoms with Crippen LogP contribution < -0.4 is 10.9 Å². The summed E-state index contributed by atoms with van der Waals surface area (Å²) >= 11 is 3.53. The van der Waals surface area contributed by atoms with Gasteiger partial charge in [-0.05, 0) is 56.2 Å². The second-order valence-corrected chi connectivity index (χ2v) is 8.84. The van der Waals surface area contributed by atoms with Crippen molar-refractivity contribution in [1.82, 2.24) is 14.9 Å². The van der Waals surface area contributed by atoms with E-state index < -0.39 is 0 Å². The second kappa shape index (κ2) is 8.55. The quantitative estimate of drug-likeness (QED) is 0.394. The molecule has 0 aliphatic carbocycles. The number of benzene rings is 2. The summed E-state index contributed by atoms with van der Waals surface area (Å²) < 4.78 is 2.97. The lowest BCUT2D eigenvalue weighted by Gasteiger charge is -2.13. The van der Waals surface area contributed by atoms with Crippen molar-refractivity contribution in [3.8, 4) is 11.1 Å². The molecule has 0 saturated heterocycles. The topological polar surface area (TPSA) is 66.9 Å². The maximum Gasteiger partial charge on any atom is 0.253 e. The van der Waals surface area contributed by atoms with Crippen LogP contribution in [0, 0.1) is 6.92 Å². The van der Waals surface area contributed by atoms with Crippen molar-refractivity contribution >= 4 is 32.7 Å². The number of H-pyrrole nitrogens is 1. The molecule has 2 heterocycles. The molecule has 2 aromatic carbocycles. The minimum absolute atomic E-state index is 0.136. The predicted molar refractivity (Wildman–Crippen MR) is 128 cm³/mol. The summed E-state index contributed by atoms with van der Waals surface area (Å²) in [7, 11) is 0. The Bertz CT molecular complexity index is 1320. The Labute approximate surface area is 189 Å². The number of carbonyl (C=O) groups is 1. The van der Waals surface area contributed by atoms with Crippen LogP contribution in [0.5, 0.6) is 0 Å². The van der Waals surface area contributed by atoms with Crippen molar-refractivity contribution in [3.05, 3.63) is 92.4 Å². The maximum atomic E-state index is 13.1. The number of carbonyl (C=O) groups excluding carboxylic acids is 1. The molecule has 0 fully saturated rings. The predicted octanol–water partition coefficient (Wildman–Crippen LogP) is 5.58. The fraction of sp³-hybridized carbons (Fsp3) is 0.200. The molecule has 1 amide bonds. The highest BCUT2D eigenvalue weighted by Gasteiger charge is 2.17. The molecule has 4 aromatic rings. The minimum Gasteiger partial charge on any atom is -0.348 e. The van der Waals surface area contributed by atoms with E-state index in [4.69, 9.17) is 0 Å². The third-order valence-corrected chi connectivity index (χ3v) is 5.84. The summed E-state index contributed by atoms with van der Waals surface area (Å²) in [6.07, 6.45) is 2.00. The molecule has 5 nitrogen and oxygen atoms in total. The Morgan fingerprint density at radius 1 is 1.13 bits per heavy atom. The summed E-state index contributed by atoms with van der Waals surface area (Å²) in [5.41, 5.74) is 4.47. The average molecular weight is 478 g/mol. The van der Waals surface area contributed by atoms with Gasteiger partial charge in [-0.15, -0.1) is 0 Å². The van der Waals surface area contributed by atoms with Gasteiger partial charge < -0.3 is 14.9 Å². The normalized spacial score (nSPS) is 11.3. The summed E-state index contributed by atoms with van der Waals surface area (Å²) in [5.74, 6) is -0.216. The molecule has 158 valence electrons. The van der Waals surface area contributed by atoms with Crippen molar-refractivity contribution in [3.63, 3.8) is 0 Å². The van der Waals surface area contributed by atoms with E-state index in [2.05, 4.69) is 44.6 Å². The number of nitrogens with zero attached hydrogens (tertiary/aromatic N) is 1. The number of aryl methyl sites for hydroxylation is 1. The van der Waals surface area contributed by atoms with Crippen LogP contribution in [-0.4, -0.2) is 15.5 Å². The number of pyridine rings is 1. The Morgan fingerprint density at radius 2 is 1.87 bits per heavy atom. The molecule has 0 atom stereocenters. The van der Waals surface area contributed by atoms with Gasteiger partial charge in [-0.1, -0.05) is 46.3 Å². The molecule has 0 aliphatic rings. The van der Waals surface area contributed by atoms with Crippen LogP contribution in [0.4, 0.5) is 0 Å². The molecule has 0 aliphatic heterocycles. The van der Waals surface area contributed by atoms with Crippen LogP contribution in [0.2, 0.25) is 0 Å². The Morgan fingerprint density at radius 3 is 2.58 bits per heavy atom. The molecule has 2 N–H and O–H groups in total. The minimum atomic E-state index is -0.216. The van der Waals surface area contributed by atoms with Crippen LogP contribution in [-0.2, 0) is 6.54 Å². The molecule has 6 heteroatoms. The summed E-state index contributed by atoms with van der Waals surface area (Å²) in [6, 6.07) is 17.8. The van der Waals surface area contributed by atoms with Gasteiger partial charge in [-0.3, -0.25) is 9.59 Å². The molecule has 0 unspecified atom stereocenters. The van der Waals surface area contributed by atoms with Crippen LogP contribution in [0.1, 0.15) is 41.5 Å². The number of halogens is 1. The largest absolute Gasteiger partial charge is 0.348 e. The third kappa shape index (κ3) is 4.21. The molecular formula is C25H24BrN3O2. The van der Waals surface area contributed by atoms with Gasteiger partial charge in [0, 0.05) is 45.5 Å². The summed E-state index contributed by atoms with van der Waals surface area (Å²) in [5, 5.41) is 3.84. The van der Waals surface area contributed by atoms with Gasteiger partial charge in [0.25, 0.3) is 11.5 Å². The van der Waals surface area contributed by atoms with Gasteiger partial charge in [-0.2, -0.15) is 0 Å². The number of aromatic amines is 1. The van der Waals surface area contributed by atoms with Gasteiger partial charge in [0.05, 0.1) is 5.52 Å². The number of aromatic nitrogens is 2. The first kappa shape index (κ1) is 21.1. The molecule has 0 radical (unpaired) electrons. The van der Waals surface area contributed by atoms with Gasteiger partial charge in [0.15, 0.2) is 0 Å². The van der Waals surface area contributed by atoms with Crippen molar-refractivity contribution < 1.29 is 4.79 Å². The fourth-order valence-electron chi connectivity index (χ4n) is 3.90. The molecule has 2 aromatic heterocycles. The van der Waals surface area contributed by atoms with E-state index in [1.54, 1.807) is 0 Å². The average Bonchev–Trinajstić information content (AvgIpc) is 3.16. The van der Waals surface area contributed by atoms with Crippen molar-refractivity contribution in [1.29, 1.82) is 0 Å². The zero-order valence-electron chi connectivity index (χ0n) is 17.7. The zero-order chi connectivity index (χ0) is 22.1. The van der Waals surface area contributed by atoms with E-state index in [1.807, 2.05) is 67.7 Å². The number of amides is 1. The van der Waals surface area contributed by atoms with Gasteiger partial charge in [0.2, 0.25) is 0 Å². The summed E-state index contributed by atoms with van der Waals surface area (Å²) in [4.78, 5) is 28.7. The van der Waals surface area contributed by atoms with E-state index in [-0.39, 0.29) is 24.1 Å². The van der Waals surface area contributed by atoms with Crippen LogP contribution in [0.25, 0.3) is 22.0 Å². The summed E-state index contributed by atoms with van der Waals surface area (Å²) in [6.45, 7) is 6.20. The number of fused-ring (bicyclic) bond motifs is 1. The van der Waals surface area contributed by atoms with Gasteiger partial charge in [0.1, 0.15) is 0 Å². The lowest BCUT2D eigenvalue weighted by molar-refractivity contribution is 0.0952. The van der Waals surface area contributed by atoms with Gasteiger partial charge in [-0.25, -0.2) is 0 Å². The maximum absolute atomic E-state index is 13.1. The zero-order valence-corrected chi connectivity index (χ0v) is 19.3. The molecule has 31 heavy (non-hydrogen) atoms. The van der Waals surface area contributed by atoms with E-state index in [0.29, 0.717) is 11.1 Å². The first-order chi connectivity index (χ1) is 14.8. The highest BCUT2D eigenvalue weighted by Crippen LogP contribution is 2.28. The molecule has 0 bridgehead atoms. The molecule has 0 spiro atoms. The van der Waals surface area contributed by atoms with Crippen molar-refractivity contribution in [2.75, 3.05) is 0 Å². The molecule has 4 rings (SSSR count). The van der Waals surface area contributed by atoms with Crippen molar-refractivity contribution in [2.45, 2.75) is 33.4 Å². The standard InChI is InChI=1S/C25H24BrN3O2/c1-15(2)29-10-9-19-21(12-18(26)13-23(19)29)24(30)27-14-22-20(11-16(3)28-25(22)31)17-7-5-4-6-8-17/h4-13,15H,14H2,1-3H3,(H,27,30)(H,28,31). The molecule has 0 saturated carbocycles. The first-order valence-electron chi connectivity index (χ1n) is 10.2. The van der Waals surface area contributed by atoms with Crippen LogP contribution >= 0.6 is 15.9 Å². The SMILES string of the molecule is Cc1cc(-c2ccccc2)c(CNC(=O)c2cc(Br)cc3c2ccn3C(C)C)c(=O)[nH]1. The van der Waals surface area contributed by atoms with E-state index >= 15 is 0 Å². The Balaban J connectivity index is 1.69. The van der Waals surface area contributed by atoms with E-state index in [1.165, 1.54) is 0 Å². The Hall–Kier alpha value is -3.12. The lowest BCUT2D eigenvalue weighted by atomic mass is 10.00. The van der Waals surface area contributed by atoms with Crippen LogP contribution in [0.3, 0.4) is 0 Å². The van der Waals surface area contributed by atoms with E-state index in [0.717, 1.165) is 32.2 Å². The Kier molecular flexibility index (Phi) is 5.83. The number of nitrogens with one attached hydrogen (secondary N) is 2. The first-order valence-corrected chi connectivity index (χ1v) is 11.0. The number of hydrogen-bond acceptors (Lipinski definition) is 2. The highest BCUT2D eigenvalue weighted by atomic mass is 79.9. The highest BCUT2D eigenvalue weighted by molar-refractivity contribution is 9.10. The smallest absolute Gasteiger partial charge is 0.253 e. The monoisotopic (exact) mass is 477 g/mol. The van der Waals surface area contributed by atoms with Crippen LogP contribution in [0.15, 0.2) is 70.1 Å². The third-order valence-electron chi connectivity index (χ3n) is 5.39. The molecular weight excluding hydrogens is 454 g/mol. The number of hydrogen-bond donors (Lipinski definition) is 2.